The number of benzene rings is 2. The Kier molecular flexibility index (Phi) is 6.35. The van der Waals surface area contributed by atoms with Crippen LogP contribution in [0.25, 0.3) is 0 Å². The van der Waals surface area contributed by atoms with E-state index >= 15 is 0 Å². The maximum absolute atomic E-state index is 12.8. The van der Waals surface area contributed by atoms with E-state index in [9.17, 15) is 10.1 Å². The Morgan fingerprint density at radius 2 is 2.04 bits per heavy atom. The molecule has 3 rings (SSSR count). The highest BCUT2D eigenvalue weighted by molar-refractivity contribution is 6.00. The van der Waals surface area contributed by atoms with Crippen molar-refractivity contribution in [2.24, 2.45) is 0 Å². The first-order valence-corrected chi connectivity index (χ1v) is 9.15. The molecule has 1 atom stereocenters. The molecule has 0 bridgehead atoms. The number of ether oxygens (including phenoxy) is 2. The van der Waals surface area contributed by atoms with E-state index in [1.165, 1.54) is 0 Å². The maximum atomic E-state index is 12.8. The summed E-state index contributed by atoms with van der Waals surface area (Å²) >= 11 is 0. The number of nitrogens with zero attached hydrogens (tertiary/aromatic N) is 1. The highest BCUT2D eigenvalue weighted by Crippen LogP contribution is 2.27. The van der Waals surface area contributed by atoms with E-state index in [2.05, 4.69) is 22.0 Å². The maximum Gasteiger partial charge on any atom is 0.253 e. The van der Waals surface area contributed by atoms with E-state index < -0.39 is 0 Å². The van der Waals surface area contributed by atoms with Gasteiger partial charge >= 0.3 is 0 Å². The molecule has 1 aliphatic rings. The van der Waals surface area contributed by atoms with Gasteiger partial charge in [-0.3, -0.25) is 4.79 Å². The minimum Gasteiger partial charge on any atom is -0.493 e. The van der Waals surface area contributed by atoms with Crippen molar-refractivity contribution >= 4 is 11.6 Å². The van der Waals surface area contributed by atoms with Crippen LogP contribution in [0, 0.1) is 11.3 Å². The lowest BCUT2D eigenvalue weighted by Crippen LogP contribution is -2.27. The largest absolute Gasteiger partial charge is 0.493 e. The van der Waals surface area contributed by atoms with Crippen molar-refractivity contribution in [2.45, 2.75) is 19.0 Å². The summed E-state index contributed by atoms with van der Waals surface area (Å²) in [7, 11) is 3.15. The summed E-state index contributed by atoms with van der Waals surface area (Å²) in [6, 6.07) is 13.0. The molecule has 1 saturated heterocycles. The van der Waals surface area contributed by atoms with E-state index in [0.717, 1.165) is 30.8 Å². The standard InChI is InChI=1S/C21H24N4O3/c1-27-19-6-4-15(10-20(19)28-2)12-24-21(26)17-9-14(11-22)3-5-18(17)25-16-7-8-23-13-16/h3-6,9-10,16,23,25H,7-8,12-13H2,1-2H3,(H,24,26)/t16-/m1/s1. The van der Waals surface area contributed by atoms with Gasteiger partial charge in [0.25, 0.3) is 5.91 Å². The van der Waals surface area contributed by atoms with Crippen LogP contribution in [0.15, 0.2) is 36.4 Å². The molecule has 0 unspecified atom stereocenters. The Hall–Kier alpha value is -3.24. The van der Waals surface area contributed by atoms with Crippen LogP contribution in [0.1, 0.15) is 27.9 Å². The zero-order chi connectivity index (χ0) is 19.9. The van der Waals surface area contributed by atoms with Gasteiger partial charge in [-0.25, -0.2) is 0 Å². The molecule has 1 aliphatic heterocycles. The second-order valence-corrected chi connectivity index (χ2v) is 6.58. The second kappa shape index (κ2) is 9.11. The Labute approximate surface area is 164 Å². The fourth-order valence-electron chi connectivity index (χ4n) is 3.19. The van der Waals surface area contributed by atoms with E-state index in [-0.39, 0.29) is 11.9 Å². The summed E-state index contributed by atoms with van der Waals surface area (Å²) in [5.41, 5.74) is 2.53. The van der Waals surface area contributed by atoms with E-state index in [1.807, 2.05) is 12.1 Å². The Bertz CT molecular complexity index is 886. The molecule has 7 heteroatoms. The molecule has 1 amide bonds. The van der Waals surface area contributed by atoms with Gasteiger partial charge in [-0.2, -0.15) is 5.26 Å². The summed E-state index contributed by atoms with van der Waals surface area (Å²) in [5.74, 6) is 1.01. The summed E-state index contributed by atoms with van der Waals surface area (Å²) < 4.78 is 10.5. The summed E-state index contributed by atoms with van der Waals surface area (Å²) in [6.07, 6.45) is 0.993. The zero-order valence-electron chi connectivity index (χ0n) is 16.0. The topological polar surface area (TPSA) is 95.4 Å². The number of anilines is 1. The number of carbonyl (C=O) groups excluding carboxylic acids is 1. The van der Waals surface area contributed by atoms with Crippen molar-refractivity contribution in [3.8, 4) is 17.6 Å². The first kappa shape index (κ1) is 19.5. The number of hydrogen-bond acceptors (Lipinski definition) is 6. The number of hydrogen-bond donors (Lipinski definition) is 3. The highest BCUT2D eigenvalue weighted by Gasteiger charge is 2.18. The van der Waals surface area contributed by atoms with Gasteiger partial charge in [-0.1, -0.05) is 6.07 Å². The van der Waals surface area contributed by atoms with Gasteiger partial charge in [0.2, 0.25) is 0 Å². The molecule has 0 saturated carbocycles. The van der Waals surface area contributed by atoms with Crippen LogP contribution < -0.4 is 25.4 Å². The van der Waals surface area contributed by atoms with E-state index in [0.29, 0.717) is 29.2 Å². The number of methoxy groups -OCH3 is 2. The molecule has 0 spiro atoms. The van der Waals surface area contributed by atoms with Gasteiger partial charge in [0, 0.05) is 24.8 Å². The Balaban J connectivity index is 1.75. The summed E-state index contributed by atoms with van der Waals surface area (Å²) in [4.78, 5) is 12.8. The molecule has 0 radical (unpaired) electrons. The van der Waals surface area contributed by atoms with Crippen molar-refractivity contribution in [3.05, 3.63) is 53.1 Å². The number of carbonyl (C=O) groups is 1. The average molecular weight is 380 g/mol. The molecule has 0 aromatic heterocycles. The van der Waals surface area contributed by atoms with Gasteiger partial charge in [-0.05, 0) is 48.9 Å². The summed E-state index contributed by atoms with van der Waals surface area (Å²) in [5, 5.41) is 18.8. The monoisotopic (exact) mass is 380 g/mol. The second-order valence-electron chi connectivity index (χ2n) is 6.58. The predicted octanol–water partition coefficient (Wildman–Crippen LogP) is 2.28. The average Bonchev–Trinajstić information content (AvgIpc) is 3.25. The van der Waals surface area contributed by atoms with Gasteiger partial charge in [0.1, 0.15) is 0 Å². The first-order chi connectivity index (χ1) is 13.6. The van der Waals surface area contributed by atoms with Crippen molar-refractivity contribution in [2.75, 3.05) is 32.6 Å². The van der Waals surface area contributed by atoms with Crippen LogP contribution >= 0.6 is 0 Å². The van der Waals surface area contributed by atoms with Crippen molar-refractivity contribution < 1.29 is 14.3 Å². The van der Waals surface area contributed by atoms with Crippen LogP contribution in [0.3, 0.4) is 0 Å². The molecular weight excluding hydrogens is 356 g/mol. The molecule has 1 fully saturated rings. The molecule has 2 aromatic carbocycles. The number of nitrogens with one attached hydrogen (secondary N) is 3. The van der Waals surface area contributed by atoms with Crippen LogP contribution in [-0.4, -0.2) is 39.3 Å². The predicted molar refractivity (Wildman–Crippen MR) is 107 cm³/mol. The number of amides is 1. The SMILES string of the molecule is COc1ccc(CNC(=O)c2cc(C#N)ccc2N[C@@H]2CCNC2)cc1OC. The Morgan fingerprint density at radius 3 is 2.71 bits per heavy atom. The van der Waals surface area contributed by atoms with Crippen LogP contribution in [0.4, 0.5) is 5.69 Å². The fraction of sp³-hybridized carbons (Fsp3) is 0.333. The third-order valence-corrected chi connectivity index (χ3v) is 4.71. The molecule has 1 heterocycles. The lowest BCUT2D eigenvalue weighted by atomic mass is 10.1. The van der Waals surface area contributed by atoms with Crippen LogP contribution in [0.2, 0.25) is 0 Å². The van der Waals surface area contributed by atoms with Crippen LogP contribution in [0.5, 0.6) is 11.5 Å². The van der Waals surface area contributed by atoms with Crippen molar-refractivity contribution in [1.82, 2.24) is 10.6 Å². The zero-order valence-corrected chi connectivity index (χ0v) is 16.0. The number of nitriles is 1. The van der Waals surface area contributed by atoms with E-state index in [1.54, 1.807) is 38.5 Å². The molecule has 7 nitrogen and oxygen atoms in total. The molecule has 146 valence electrons. The molecule has 28 heavy (non-hydrogen) atoms. The first-order valence-electron chi connectivity index (χ1n) is 9.15. The van der Waals surface area contributed by atoms with Gasteiger partial charge in [-0.15, -0.1) is 0 Å². The smallest absolute Gasteiger partial charge is 0.253 e. The Morgan fingerprint density at radius 1 is 1.21 bits per heavy atom. The molecule has 2 aromatic rings. The van der Waals surface area contributed by atoms with Crippen molar-refractivity contribution in [1.29, 1.82) is 5.26 Å². The minimum atomic E-state index is -0.236. The molecule has 0 aliphatic carbocycles. The van der Waals surface area contributed by atoms with E-state index in [4.69, 9.17) is 9.47 Å². The van der Waals surface area contributed by atoms with Gasteiger partial charge < -0.3 is 25.4 Å². The quantitative estimate of drug-likeness (QED) is 0.682. The fourth-order valence-corrected chi connectivity index (χ4v) is 3.19. The molecular formula is C21H24N4O3. The summed E-state index contributed by atoms with van der Waals surface area (Å²) in [6.45, 7) is 2.14. The van der Waals surface area contributed by atoms with Crippen LogP contribution in [-0.2, 0) is 6.54 Å². The minimum absolute atomic E-state index is 0.236. The lowest BCUT2D eigenvalue weighted by molar-refractivity contribution is 0.0951. The number of rotatable bonds is 7. The lowest BCUT2D eigenvalue weighted by Gasteiger charge is -2.17. The highest BCUT2D eigenvalue weighted by atomic mass is 16.5. The van der Waals surface area contributed by atoms with Gasteiger partial charge in [0.05, 0.1) is 31.4 Å². The van der Waals surface area contributed by atoms with Crippen molar-refractivity contribution in [3.63, 3.8) is 0 Å². The third-order valence-electron chi connectivity index (χ3n) is 4.71. The normalized spacial score (nSPS) is 15.5. The molecule has 3 N–H and O–H groups in total. The van der Waals surface area contributed by atoms with Gasteiger partial charge in [0.15, 0.2) is 11.5 Å². The third kappa shape index (κ3) is 4.53.